The van der Waals surface area contributed by atoms with Gasteiger partial charge in [0.25, 0.3) is 0 Å². The number of carboxylic acids is 1. The third kappa shape index (κ3) is 4.42. The van der Waals surface area contributed by atoms with Gasteiger partial charge in [0.1, 0.15) is 5.65 Å². The van der Waals surface area contributed by atoms with Gasteiger partial charge in [-0.05, 0) is 80.3 Å². The van der Waals surface area contributed by atoms with Crippen LogP contribution < -0.4 is 0 Å². The number of aliphatic carboxylic acids is 1. The van der Waals surface area contributed by atoms with E-state index in [0.29, 0.717) is 50.9 Å². The molecule has 0 bridgehead atoms. The largest absolute Gasteiger partial charge is 0.481 e. The first kappa shape index (κ1) is 23.5. The fourth-order valence-electron chi connectivity index (χ4n) is 5.57. The molecule has 0 spiro atoms. The van der Waals surface area contributed by atoms with Crippen LogP contribution in [-0.4, -0.2) is 38.0 Å². The van der Waals surface area contributed by atoms with Crippen LogP contribution in [0.1, 0.15) is 55.8 Å². The summed E-state index contributed by atoms with van der Waals surface area (Å²) in [6, 6.07) is 7.80. The highest BCUT2D eigenvalue weighted by Crippen LogP contribution is 2.40. The number of carboxylic acid groups (broad SMARTS) is 1. The predicted octanol–water partition coefficient (Wildman–Crippen LogP) is 4.92. The summed E-state index contributed by atoms with van der Waals surface area (Å²) in [6.07, 6.45) is 5.52. The molecule has 3 aromatic rings. The first-order valence-corrected chi connectivity index (χ1v) is 12.2. The van der Waals surface area contributed by atoms with Crippen LogP contribution in [0.3, 0.4) is 0 Å². The maximum Gasteiger partial charge on any atom is 0.309 e. The Bertz CT molecular complexity index is 1290. The van der Waals surface area contributed by atoms with Crippen molar-refractivity contribution in [3.05, 3.63) is 65.0 Å². The highest BCUT2D eigenvalue weighted by molar-refractivity contribution is 5.84. The SMILES string of the molecule is CC1(C(=O)O)CCC(CC(=O)N2CCc3c(n(Cc4ccc(F)c(F)c4)c4ncccc34)C2)CC1. The summed E-state index contributed by atoms with van der Waals surface area (Å²) in [5.41, 5.74) is 2.84. The predicted molar refractivity (Wildman–Crippen MR) is 127 cm³/mol. The van der Waals surface area contributed by atoms with Crippen molar-refractivity contribution in [3.63, 3.8) is 0 Å². The Hall–Kier alpha value is -3.29. The van der Waals surface area contributed by atoms with E-state index in [4.69, 9.17) is 0 Å². The van der Waals surface area contributed by atoms with Gasteiger partial charge in [-0.1, -0.05) is 6.07 Å². The van der Waals surface area contributed by atoms with E-state index in [1.807, 2.05) is 21.6 Å². The quantitative estimate of drug-likeness (QED) is 0.561. The lowest BCUT2D eigenvalue weighted by molar-refractivity contribution is -0.150. The van der Waals surface area contributed by atoms with E-state index in [1.165, 1.54) is 6.07 Å². The number of carbonyl (C=O) groups is 2. The number of rotatable bonds is 5. The van der Waals surface area contributed by atoms with E-state index < -0.39 is 23.0 Å². The molecule has 0 atom stereocenters. The maximum atomic E-state index is 13.9. The second-order valence-electron chi connectivity index (χ2n) is 10.2. The van der Waals surface area contributed by atoms with Crippen LogP contribution in [0.15, 0.2) is 36.5 Å². The molecule has 0 unspecified atom stereocenters. The highest BCUT2D eigenvalue weighted by atomic mass is 19.2. The molecule has 1 aliphatic carbocycles. The van der Waals surface area contributed by atoms with Gasteiger partial charge in [0.15, 0.2) is 11.6 Å². The molecule has 3 heterocycles. The summed E-state index contributed by atoms with van der Waals surface area (Å²) in [4.78, 5) is 31.2. The summed E-state index contributed by atoms with van der Waals surface area (Å²) in [5.74, 6) is -2.24. The van der Waals surface area contributed by atoms with Gasteiger partial charge >= 0.3 is 5.97 Å². The lowest BCUT2D eigenvalue weighted by Crippen LogP contribution is -2.39. The van der Waals surface area contributed by atoms with Crippen LogP contribution in [0.5, 0.6) is 0 Å². The minimum atomic E-state index is -0.885. The minimum absolute atomic E-state index is 0.0807. The molecule has 0 radical (unpaired) electrons. The Kier molecular flexibility index (Phi) is 6.07. The second-order valence-corrected chi connectivity index (χ2v) is 10.2. The summed E-state index contributed by atoms with van der Waals surface area (Å²) >= 11 is 0. The molecule has 1 saturated carbocycles. The second kappa shape index (κ2) is 9.06. The van der Waals surface area contributed by atoms with E-state index in [2.05, 4.69) is 4.98 Å². The molecule has 1 aromatic carbocycles. The fraction of sp³-hybridized carbons (Fsp3) is 0.444. The van der Waals surface area contributed by atoms with Crippen LogP contribution in [-0.2, 0) is 29.1 Å². The Labute approximate surface area is 202 Å². The highest BCUT2D eigenvalue weighted by Gasteiger charge is 2.38. The average Bonchev–Trinajstić information content (AvgIpc) is 3.16. The number of carbonyl (C=O) groups excluding carboxylic acids is 1. The number of hydrogen-bond acceptors (Lipinski definition) is 3. The van der Waals surface area contributed by atoms with Gasteiger partial charge in [0.05, 0.1) is 12.0 Å². The van der Waals surface area contributed by atoms with Crippen molar-refractivity contribution in [2.24, 2.45) is 11.3 Å². The van der Waals surface area contributed by atoms with E-state index in [-0.39, 0.29) is 11.8 Å². The average molecular weight is 482 g/mol. The Morgan fingerprint density at radius 3 is 2.66 bits per heavy atom. The number of nitrogens with zero attached hydrogens (tertiary/aromatic N) is 3. The van der Waals surface area contributed by atoms with Gasteiger partial charge in [0.2, 0.25) is 5.91 Å². The van der Waals surface area contributed by atoms with Gasteiger partial charge in [0, 0.05) is 36.8 Å². The molecular weight excluding hydrogens is 452 g/mol. The van der Waals surface area contributed by atoms with Crippen molar-refractivity contribution >= 4 is 22.9 Å². The van der Waals surface area contributed by atoms with E-state index in [1.54, 1.807) is 19.2 Å². The number of amides is 1. The summed E-state index contributed by atoms with van der Waals surface area (Å²) in [7, 11) is 0. The molecular formula is C27H29F2N3O3. The first-order valence-electron chi connectivity index (χ1n) is 12.2. The molecule has 1 aliphatic heterocycles. The van der Waals surface area contributed by atoms with Crippen molar-refractivity contribution in [1.29, 1.82) is 0 Å². The Morgan fingerprint density at radius 2 is 1.94 bits per heavy atom. The molecule has 5 rings (SSSR count). The minimum Gasteiger partial charge on any atom is -0.481 e. The zero-order valence-electron chi connectivity index (χ0n) is 19.8. The number of pyridine rings is 1. The zero-order valence-corrected chi connectivity index (χ0v) is 19.8. The number of halogens is 2. The van der Waals surface area contributed by atoms with E-state index >= 15 is 0 Å². The van der Waals surface area contributed by atoms with Gasteiger partial charge in [-0.25, -0.2) is 13.8 Å². The molecule has 2 aliphatic rings. The topological polar surface area (TPSA) is 75.4 Å². The number of fused-ring (bicyclic) bond motifs is 3. The van der Waals surface area contributed by atoms with Crippen molar-refractivity contribution in [2.75, 3.05) is 6.54 Å². The molecule has 1 fully saturated rings. The van der Waals surface area contributed by atoms with Crippen LogP contribution in [0.2, 0.25) is 0 Å². The maximum absolute atomic E-state index is 13.9. The third-order valence-electron chi connectivity index (χ3n) is 7.88. The zero-order chi connectivity index (χ0) is 24.7. The van der Waals surface area contributed by atoms with E-state index in [0.717, 1.165) is 41.2 Å². The lowest BCUT2D eigenvalue weighted by atomic mass is 9.71. The summed E-state index contributed by atoms with van der Waals surface area (Å²) in [6.45, 7) is 3.18. The van der Waals surface area contributed by atoms with Gasteiger partial charge < -0.3 is 14.6 Å². The van der Waals surface area contributed by atoms with Crippen LogP contribution in [0.4, 0.5) is 8.78 Å². The number of benzene rings is 1. The molecule has 8 heteroatoms. The standard InChI is InChI=1S/C27H29F2N3O3/c1-27(26(34)35)9-6-17(7-10-27)14-24(33)31-12-8-19-20-3-2-11-30-25(20)32(23(19)16-31)15-18-4-5-21(28)22(29)13-18/h2-5,11,13,17H,6-10,12,14-16H2,1H3,(H,34,35). The van der Waals surface area contributed by atoms with Crippen molar-refractivity contribution in [2.45, 2.75) is 58.5 Å². The molecule has 184 valence electrons. The number of hydrogen-bond donors (Lipinski definition) is 1. The summed E-state index contributed by atoms with van der Waals surface area (Å²) in [5, 5.41) is 10.5. The monoisotopic (exact) mass is 481 g/mol. The first-order chi connectivity index (χ1) is 16.7. The van der Waals surface area contributed by atoms with Gasteiger partial charge in [-0.3, -0.25) is 9.59 Å². The van der Waals surface area contributed by atoms with Crippen LogP contribution in [0, 0.1) is 23.0 Å². The van der Waals surface area contributed by atoms with Crippen molar-refractivity contribution in [1.82, 2.24) is 14.5 Å². The molecule has 35 heavy (non-hydrogen) atoms. The molecule has 6 nitrogen and oxygen atoms in total. The summed E-state index contributed by atoms with van der Waals surface area (Å²) < 4.78 is 29.3. The smallest absolute Gasteiger partial charge is 0.309 e. The molecule has 0 saturated heterocycles. The van der Waals surface area contributed by atoms with Gasteiger partial charge in [-0.2, -0.15) is 0 Å². The third-order valence-corrected chi connectivity index (χ3v) is 7.88. The molecule has 1 N–H and O–H groups in total. The van der Waals surface area contributed by atoms with Crippen molar-refractivity contribution in [3.8, 4) is 0 Å². The Morgan fingerprint density at radius 1 is 1.17 bits per heavy atom. The van der Waals surface area contributed by atoms with Crippen LogP contribution >= 0.6 is 0 Å². The Balaban J connectivity index is 1.36. The molecule has 1 amide bonds. The van der Waals surface area contributed by atoms with Crippen molar-refractivity contribution < 1.29 is 23.5 Å². The van der Waals surface area contributed by atoms with Crippen LogP contribution in [0.25, 0.3) is 11.0 Å². The normalized spacial score (nSPS) is 22.3. The van der Waals surface area contributed by atoms with Gasteiger partial charge in [-0.15, -0.1) is 0 Å². The number of aromatic nitrogens is 2. The molecule has 2 aromatic heterocycles. The van der Waals surface area contributed by atoms with E-state index in [9.17, 15) is 23.5 Å². The lowest BCUT2D eigenvalue weighted by Gasteiger charge is -2.35. The fourth-order valence-corrected chi connectivity index (χ4v) is 5.57.